The third-order valence-corrected chi connectivity index (χ3v) is 3.28. The van der Waals surface area contributed by atoms with Gasteiger partial charge in [0.05, 0.1) is 0 Å². The largest absolute Gasteiger partial charge is 0.314 e. The van der Waals surface area contributed by atoms with Crippen LogP contribution in [0.3, 0.4) is 0 Å². The fourth-order valence-electron chi connectivity index (χ4n) is 2.34. The molecule has 0 aromatic rings. The van der Waals surface area contributed by atoms with Crippen LogP contribution in [0.25, 0.3) is 0 Å². The molecule has 1 N–H and O–H groups in total. The third-order valence-electron chi connectivity index (χ3n) is 3.28. The second kappa shape index (κ2) is 6.19. The van der Waals surface area contributed by atoms with Crippen LogP contribution in [-0.2, 0) is 0 Å². The van der Waals surface area contributed by atoms with Crippen LogP contribution in [0.4, 0.5) is 0 Å². The van der Waals surface area contributed by atoms with Crippen molar-refractivity contribution in [2.24, 2.45) is 11.3 Å². The summed E-state index contributed by atoms with van der Waals surface area (Å²) in [5.74, 6) is 0.782. The van der Waals surface area contributed by atoms with E-state index in [2.05, 4.69) is 51.8 Å². The Balaban J connectivity index is 2.41. The minimum atomic E-state index is 0.377. The van der Waals surface area contributed by atoms with Crippen LogP contribution < -0.4 is 5.32 Å². The summed E-state index contributed by atoms with van der Waals surface area (Å²) in [6.45, 7) is 17.5. The maximum Gasteiger partial charge on any atom is 0.00967 e. The smallest absolute Gasteiger partial charge is 0.00967 e. The van der Waals surface area contributed by atoms with E-state index in [4.69, 9.17) is 0 Å². The van der Waals surface area contributed by atoms with Crippen molar-refractivity contribution >= 4 is 0 Å². The van der Waals surface area contributed by atoms with Crippen LogP contribution in [0.2, 0.25) is 0 Å². The first-order valence-corrected chi connectivity index (χ1v) is 7.27. The highest BCUT2D eigenvalue weighted by molar-refractivity contribution is 4.88. The van der Waals surface area contributed by atoms with Gasteiger partial charge in [-0.05, 0) is 24.2 Å². The molecule has 1 fully saturated rings. The average molecular weight is 240 g/mol. The lowest BCUT2D eigenvalue weighted by Gasteiger charge is -2.34. The molecular formula is C15H32N2. The summed E-state index contributed by atoms with van der Waals surface area (Å²) in [6.07, 6.45) is 2.83. The molecule has 102 valence electrons. The first-order chi connectivity index (χ1) is 7.80. The predicted octanol–water partition coefficient (Wildman–Crippen LogP) is 3.13. The van der Waals surface area contributed by atoms with Crippen molar-refractivity contribution in [3.05, 3.63) is 0 Å². The van der Waals surface area contributed by atoms with Crippen molar-refractivity contribution in [2.75, 3.05) is 19.6 Å². The SMILES string of the molecule is CC(C)CN(CC(C)(C)CNC(C)C)C1CC1. The maximum absolute atomic E-state index is 3.58. The lowest BCUT2D eigenvalue weighted by atomic mass is 9.91. The van der Waals surface area contributed by atoms with Crippen LogP contribution >= 0.6 is 0 Å². The van der Waals surface area contributed by atoms with E-state index in [9.17, 15) is 0 Å². The second-order valence-corrected chi connectivity index (χ2v) is 7.25. The fourth-order valence-corrected chi connectivity index (χ4v) is 2.34. The van der Waals surface area contributed by atoms with E-state index in [0.717, 1.165) is 18.5 Å². The average Bonchev–Trinajstić information content (AvgIpc) is 2.95. The molecule has 0 saturated heterocycles. The Kier molecular flexibility index (Phi) is 5.46. The quantitative estimate of drug-likeness (QED) is 0.701. The van der Waals surface area contributed by atoms with E-state index in [-0.39, 0.29) is 0 Å². The molecule has 0 radical (unpaired) electrons. The number of nitrogens with one attached hydrogen (secondary N) is 1. The molecule has 1 aliphatic carbocycles. The summed E-state index contributed by atoms with van der Waals surface area (Å²) < 4.78 is 0. The molecule has 0 amide bonds. The van der Waals surface area contributed by atoms with E-state index in [1.54, 1.807) is 0 Å². The summed E-state index contributed by atoms with van der Waals surface area (Å²) in [7, 11) is 0. The summed E-state index contributed by atoms with van der Waals surface area (Å²) in [6, 6.07) is 1.48. The highest BCUT2D eigenvalue weighted by Gasteiger charge is 2.33. The standard InChI is InChI=1S/C15H32N2/c1-12(2)9-17(14-7-8-14)11-15(5,6)10-16-13(3)4/h12-14,16H,7-11H2,1-6H3. The molecule has 1 rings (SSSR count). The van der Waals surface area contributed by atoms with Gasteiger partial charge in [-0.25, -0.2) is 0 Å². The van der Waals surface area contributed by atoms with E-state index in [1.165, 1.54) is 25.9 Å². The van der Waals surface area contributed by atoms with Crippen LogP contribution in [-0.4, -0.2) is 36.6 Å². The Morgan fingerprint density at radius 3 is 2.18 bits per heavy atom. The van der Waals surface area contributed by atoms with Gasteiger partial charge in [-0.2, -0.15) is 0 Å². The van der Waals surface area contributed by atoms with Gasteiger partial charge in [-0.1, -0.05) is 41.5 Å². The molecular weight excluding hydrogens is 208 g/mol. The van der Waals surface area contributed by atoms with Crippen molar-refractivity contribution < 1.29 is 0 Å². The number of hydrogen-bond acceptors (Lipinski definition) is 2. The van der Waals surface area contributed by atoms with Crippen molar-refractivity contribution in [3.8, 4) is 0 Å². The molecule has 0 aromatic carbocycles. The summed E-state index contributed by atoms with van der Waals surface area (Å²) in [5, 5.41) is 3.58. The summed E-state index contributed by atoms with van der Waals surface area (Å²) in [5.41, 5.74) is 0.377. The van der Waals surface area contributed by atoms with Crippen LogP contribution in [0.15, 0.2) is 0 Å². The first-order valence-electron chi connectivity index (χ1n) is 7.27. The zero-order valence-corrected chi connectivity index (χ0v) is 12.7. The Morgan fingerprint density at radius 1 is 1.18 bits per heavy atom. The van der Waals surface area contributed by atoms with Crippen LogP contribution in [0.5, 0.6) is 0 Å². The van der Waals surface area contributed by atoms with E-state index >= 15 is 0 Å². The van der Waals surface area contributed by atoms with Gasteiger partial charge in [0.15, 0.2) is 0 Å². The highest BCUT2D eigenvalue weighted by Crippen LogP contribution is 2.30. The van der Waals surface area contributed by atoms with Crippen molar-refractivity contribution in [1.82, 2.24) is 10.2 Å². The van der Waals surface area contributed by atoms with Gasteiger partial charge in [-0.3, -0.25) is 4.90 Å². The Morgan fingerprint density at radius 2 is 1.76 bits per heavy atom. The van der Waals surface area contributed by atoms with Crippen molar-refractivity contribution in [3.63, 3.8) is 0 Å². The topological polar surface area (TPSA) is 15.3 Å². The molecule has 0 unspecified atom stereocenters. The third kappa shape index (κ3) is 6.42. The monoisotopic (exact) mass is 240 g/mol. The Hall–Kier alpha value is -0.0800. The van der Waals surface area contributed by atoms with Gasteiger partial charge in [0.2, 0.25) is 0 Å². The maximum atomic E-state index is 3.58. The van der Waals surface area contributed by atoms with Gasteiger partial charge < -0.3 is 5.32 Å². The minimum absolute atomic E-state index is 0.377. The highest BCUT2D eigenvalue weighted by atomic mass is 15.2. The normalized spacial score (nSPS) is 17.5. The molecule has 2 heteroatoms. The van der Waals surface area contributed by atoms with Crippen LogP contribution in [0.1, 0.15) is 54.4 Å². The Labute approximate surface area is 108 Å². The molecule has 1 aliphatic rings. The molecule has 2 nitrogen and oxygen atoms in total. The zero-order chi connectivity index (χ0) is 13.1. The van der Waals surface area contributed by atoms with E-state index in [1.807, 2.05) is 0 Å². The Bertz CT molecular complexity index is 217. The predicted molar refractivity (Wildman–Crippen MR) is 76.4 cm³/mol. The molecule has 0 atom stereocenters. The molecule has 0 bridgehead atoms. The van der Waals surface area contributed by atoms with E-state index < -0.39 is 0 Å². The summed E-state index contributed by atoms with van der Waals surface area (Å²) >= 11 is 0. The molecule has 0 spiro atoms. The van der Waals surface area contributed by atoms with Crippen molar-refractivity contribution in [1.29, 1.82) is 0 Å². The fraction of sp³-hybridized carbons (Fsp3) is 1.00. The van der Waals surface area contributed by atoms with Gasteiger partial charge in [0, 0.05) is 31.7 Å². The minimum Gasteiger partial charge on any atom is -0.314 e. The summed E-state index contributed by atoms with van der Waals surface area (Å²) in [4.78, 5) is 2.71. The molecule has 17 heavy (non-hydrogen) atoms. The number of hydrogen-bond donors (Lipinski definition) is 1. The zero-order valence-electron chi connectivity index (χ0n) is 12.7. The molecule has 0 heterocycles. The molecule has 0 aliphatic heterocycles. The molecule has 1 saturated carbocycles. The lowest BCUT2D eigenvalue weighted by molar-refractivity contribution is 0.150. The first kappa shape index (κ1) is 15.0. The number of nitrogens with zero attached hydrogens (tertiary/aromatic N) is 1. The van der Waals surface area contributed by atoms with Gasteiger partial charge >= 0.3 is 0 Å². The lowest BCUT2D eigenvalue weighted by Crippen LogP contribution is -2.44. The number of rotatable bonds is 8. The van der Waals surface area contributed by atoms with Crippen LogP contribution in [0, 0.1) is 11.3 Å². The van der Waals surface area contributed by atoms with Gasteiger partial charge in [0.25, 0.3) is 0 Å². The van der Waals surface area contributed by atoms with Crippen molar-refractivity contribution in [2.45, 2.75) is 66.5 Å². The van der Waals surface area contributed by atoms with E-state index in [0.29, 0.717) is 11.5 Å². The van der Waals surface area contributed by atoms with Gasteiger partial charge in [0.1, 0.15) is 0 Å². The molecule has 0 aromatic heterocycles. The second-order valence-electron chi connectivity index (χ2n) is 7.25. The van der Waals surface area contributed by atoms with Gasteiger partial charge in [-0.15, -0.1) is 0 Å².